The standard InChI is InChI=1S/C27H21O3/c1-2-12-25-26(29-22-15-8-4-9-16-22)19-24(28-21-13-6-3-7-14-21)20-27(25)30-23-17-10-5-11-18-23/h2-20H,1H2. The first-order chi connectivity index (χ1) is 14.8. The normalized spacial score (nSPS) is 10.7. The van der Waals surface area contributed by atoms with E-state index in [9.17, 15) is 0 Å². The van der Waals surface area contributed by atoms with Gasteiger partial charge in [-0.2, -0.15) is 0 Å². The quantitative estimate of drug-likeness (QED) is 0.319. The van der Waals surface area contributed by atoms with E-state index in [2.05, 4.69) is 6.92 Å². The lowest BCUT2D eigenvalue weighted by atomic mass is 10.1. The van der Waals surface area contributed by atoms with Crippen LogP contribution in [0.1, 0.15) is 5.56 Å². The van der Waals surface area contributed by atoms with Crippen molar-refractivity contribution in [1.82, 2.24) is 0 Å². The highest BCUT2D eigenvalue weighted by atomic mass is 16.5. The van der Waals surface area contributed by atoms with Crippen molar-refractivity contribution in [3.05, 3.63) is 122 Å². The van der Waals surface area contributed by atoms with Gasteiger partial charge in [0.15, 0.2) is 0 Å². The third kappa shape index (κ3) is 4.89. The van der Waals surface area contributed by atoms with Crippen LogP contribution < -0.4 is 14.2 Å². The van der Waals surface area contributed by atoms with Gasteiger partial charge in [0.25, 0.3) is 0 Å². The van der Waals surface area contributed by atoms with Crippen LogP contribution in [0.4, 0.5) is 0 Å². The molecule has 0 atom stereocenters. The van der Waals surface area contributed by atoms with E-state index in [-0.39, 0.29) is 0 Å². The Morgan fingerprint density at radius 2 is 0.900 bits per heavy atom. The van der Waals surface area contributed by atoms with E-state index in [4.69, 9.17) is 14.2 Å². The largest absolute Gasteiger partial charge is 0.457 e. The number of ether oxygens (including phenoxy) is 3. The molecule has 0 heterocycles. The van der Waals surface area contributed by atoms with Crippen molar-refractivity contribution in [1.29, 1.82) is 0 Å². The van der Waals surface area contributed by atoms with Crippen LogP contribution in [-0.2, 0) is 0 Å². The Hall–Kier alpha value is -3.98. The van der Waals surface area contributed by atoms with Gasteiger partial charge in [0.1, 0.15) is 34.5 Å². The lowest BCUT2D eigenvalue weighted by Gasteiger charge is -2.17. The maximum atomic E-state index is 6.18. The average Bonchev–Trinajstić information content (AvgIpc) is 2.78. The monoisotopic (exact) mass is 393 g/mol. The van der Waals surface area contributed by atoms with Crippen LogP contribution in [0.5, 0.6) is 34.5 Å². The fourth-order valence-corrected chi connectivity index (χ4v) is 2.94. The third-order valence-corrected chi connectivity index (χ3v) is 4.28. The van der Waals surface area contributed by atoms with Gasteiger partial charge in [-0.25, -0.2) is 0 Å². The zero-order chi connectivity index (χ0) is 20.6. The van der Waals surface area contributed by atoms with Crippen molar-refractivity contribution in [2.75, 3.05) is 0 Å². The summed E-state index contributed by atoms with van der Waals surface area (Å²) in [6.07, 6.45) is 3.58. The van der Waals surface area contributed by atoms with Crippen LogP contribution in [0, 0.1) is 6.92 Å². The fraction of sp³-hybridized carbons (Fsp3) is 0. The molecule has 0 aromatic heterocycles. The molecule has 1 radical (unpaired) electrons. The highest BCUT2D eigenvalue weighted by Crippen LogP contribution is 2.40. The molecular weight excluding hydrogens is 372 g/mol. The summed E-state index contributed by atoms with van der Waals surface area (Å²) in [6, 6.07) is 32.5. The number of rotatable bonds is 7. The highest BCUT2D eigenvalue weighted by Gasteiger charge is 2.15. The molecule has 4 aromatic rings. The van der Waals surface area contributed by atoms with Gasteiger partial charge < -0.3 is 14.2 Å². The maximum absolute atomic E-state index is 6.18. The predicted molar refractivity (Wildman–Crippen MR) is 120 cm³/mol. The Balaban J connectivity index is 1.78. The van der Waals surface area contributed by atoms with Crippen molar-refractivity contribution in [2.24, 2.45) is 0 Å². The van der Waals surface area contributed by atoms with Gasteiger partial charge in [0.2, 0.25) is 0 Å². The molecule has 0 saturated heterocycles. The summed E-state index contributed by atoms with van der Waals surface area (Å²) in [7, 11) is 0. The number of para-hydroxylation sites is 3. The first-order valence-electron chi connectivity index (χ1n) is 9.64. The minimum atomic E-state index is 0.610. The zero-order valence-corrected chi connectivity index (χ0v) is 16.4. The van der Waals surface area contributed by atoms with E-state index in [1.165, 1.54) is 0 Å². The number of benzene rings is 4. The van der Waals surface area contributed by atoms with Crippen molar-refractivity contribution in [3.8, 4) is 34.5 Å². The summed E-state index contributed by atoms with van der Waals surface area (Å²) >= 11 is 0. The summed E-state index contributed by atoms with van der Waals surface area (Å²) in [5, 5.41) is 0. The first-order valence-corrected chi connectivity index (χ1v) is 9.64. The summed E-state index contributed by atoms with van der Waals surface area (Å²) in [5.41, 5.74) is 0.776. The third-order valence-electron chi connectivity index (χ3n) is 4.28. The van der Waals surface area contributed by atoms with Crippen molar-refractivity contribution in [2.45, 2.75) is 0 Å². The molecule has 0 saturated carbocycles. The molecule has 4 rings (SSSR count). The number of hydrogen-bond donors (Lipinski definition) is 0. The maximum Gasteiger partial charge on any atom is 0.142 e. The summed E-state index contributed by atoms with van der Waals surface area (Å²) < 4.78 is 18.4. The molecule has 147 valence electrons. The molecule has 0 aliphatic rings. The first kappa shape index (κ1) is 19.3. The van der Waals surface area contributed by atoms with Gasteiger partial charge >= 0.3 is 0 Å². The van der Waals surface area contributed by atoms with Gasteiger partial charge in [0, 0.05) is 12.1 Å². The van der Waals surface area contributed by atoms with Gasteiger partial charge in [0.05, 0.1) is 5.56 Å². The second-order valence-corrected chi connectivity index (χ2v) is 6.48. The lowest BCUT2D eigenvalue weighted by Crippen LogP contribution is -1.95. The fourth-order valence-electron chi connectivity index (χ4n) is 2.94. The molecule has 0 spiro atoms. The molecule has 0 aliphatic heterocycles. The van der Waals surface area contributed by atoms with E-state index in [1.807, 2.05) is 109 Å². The predicted octanol–water partition coefficient (Wildman–Crippen LogP) is 7.91. The molecule has 30 heavy (non-hydrogen) atoms. The average molecular weight is 393 g/mol. The molecular formula is C27H21O3. The summed E-state index contributed by atoms with van der Waals surface area (Å²) in [5.74, 6) is 4.01. The van der Waals surface area contributed by atoms with Gasteiger partial charge in [-0.3, -0.25) is 0 Å². The Bertz CT molecular complexity index is 1040. The van der Waals surface area contributed by atoms with Crippen LogP contribution in [-0.4, -0.2) is 0 Å². The lowest BCUT2D eigenvalue weighted by molar-refractivity contribution is 0.438. The Kier molecular flexibility index (Phi) is 6.11. The zero-order valence-electron chi connectivity index (χ0n) is 16.4. The van der Waals surface area contributed by atoms with E-state index >= 15 is 0 Å². The van der Waals surface area contributed by atoms with E-state index < -0.39 is 0 Å². The van der Waals surface area contributed by atoms with Gasteiger partial charge in [-0.1, -0.05) is 66.7 Å². The van der Waals surface area contributed by atoms with E-state index in [1.54, 1.807) is 6.08 Å². The van der Waals surface area contributed by atoms with Crippen LogP contribution >= 0.6 is 0 Å². The van der Waals surface area contributed by atoms with Crippen LogP contribution in [0.2, 0.25) is 0 Å². The summed E-state index contributed by atoms with van der Waals surface area (Å²) in [6.45, 7) is 3.84. The topological polar surface area (TPSA) is 27.7 Å². The second kappa shape index (κ2) is 9.48. The highest BCUT2D eigenvalue weighted by molar-refractivity contribution is 5.68. The van der Waals surface area contributed by atoms with Crippen LogP contribution in [0.3, 0.4) is 0 Å². The molecule has 4 aromatic carbocycles. The molecule has 0 bridgehead atoms. The molecule has 0 amide bonds. The van der Waals surface area contributed by atoms with Gasteiger partial charge in [-0.15, -0.1) is 0 Å². The van der Waals surface area contributed by atoms with Crippen LogP contribution in [0.25, 0.3) is 6.08 Å². The second-order valence-electron chi connectivity index (χ2n) is 6.48. The Morgan fingerprint density at radius 1 is 0.500 bits per heavy atom. The SMILES string of the molecule is [CH2]C=Cc1c(Oc2ccccc2)cc(Oc2ccccc2)cc1Oc1ccccc1. The Labute approximate surface area is 176 Å². The molecule has 0 unspecified atom stereocenters. The van der Waals surface area contributed by atoms with Crippen molar-refractivity contribution >= 4 is 6.08 Å². The smallest absolute Gasteiger partial charge is 0.142 e. The molecule has 3 nitrogen and oxygen atoms in total. The number of hydrogen-bond acceptors (Lipinski definition) is 3. The molecule has 0 fully saturated rings. The van der Waals surface area contributed by atoms with Gasteiger partial charge in [-0.05, 0) is 43.3 Å². The molecule has 3 heteroatoms. The molecule has 0 aliphatic carbocycles. The molecule has 0 N–H and O–H groups in total. The van der Waals surface area contributed by atoms with Crippen molar-refractivity contribution in [3.63, 3.8) is 0 Å². The van der Waals surface area contributed by atoms with E-state index in [0.29, 0.717) is 17.2 Å². The minimum Gasteiger partial charge on any atom is -0.457 e. The van der Waals surface area contributed by atoms with E-state index in [0.717, 1.165) is 22.8 Å². The Morgan fingerprint density at radius 3 is 1.30 bits per heavy atom. The minimum absolute atomic E-state index is 0.610. The summed E-state index contributed by atoms with van der Waals surface area (Å²) in [4.78, 5) is 0. The van der Waals surface area contributed by atoms with Crippen molar-refractivity contribution < 1.29 is 14.2 Å². The van der Waals surface area contributed by atoms with Crippen LogP contribution in [0.15, 0.2) is 109 Å². The number of allylic oxidation sites excluding steroid dienone is 1.